The zero-order valence-electron chi connectivity index (χ0n) is 27.6. The minimum atomic E-state index is -0.706. The van der Waals surface area contributed by atoms with Gasteiger partial charge in [0, 0.05) is 39.7 Å². The van der Waals surface area contributed by atoms with Crippen LogP contribution in [0.3, 0.4) is 0 Å². The van der Waals surface area contributed by atoms with Crippen molar-refractivity contribution in [2.24, 2.45) is 17.8 Å². The minimum absolute atomic E-state index is 0.00549. The Morgan fingerprint density at radius 2 is 1.70 bits per heavy atom. The van der Waals surface area contributed by atoms with Crippen LogP contribution in [0.1, 0.15) is 59.3 Å². The Balaban J connectivity index is 3.14. The van der Waals surface area contributed by atoms with Gasteiger partial charge < -0.3 is 28.8 Å². The van der Waals surface area contributed by atoms with Gasteiger partial charge in [0.05, 0.1) is 31.5 Å². The lowest BCUT2D eigenvalue weighted by molar-refractivity contribution is -0.161. The van der Waals surface area contributed by atoms with Crippen molar-refractivity contribution in [1.82, 2.24) is 4.90 Å². The molecular formula is C34H57NO8. The van der Waals surface area contributed by atoms with E-state index in [1.165, 1.54) is 6.08 Å². The number of allylic oxidation sites excluding steroid dienone is 3. The van der Waals surface area contributed by atoms with Crippen LogP contribution in [0.4, 0.5) is 0 Å². The van der Waals surface area contributed by atoms with Gasteiger partial charge in [0.1, 0.15) is 12.1 Å². The predicted molar refractivity (Wildman–Crippen MR) is 170 cm³/mol. The molecule has 0 fully saturated rings. The molecule has 9 nitrogen and oxygen atoms in total. The lowest BCUT2D eigenvalue weighted by atomic mass is 9.85. The number of methoxy groups -OCH3 is 3. The molecule has 1 unspecified atom stereocenters. The van der Waals surface area contributed by atoms with E-state index in [9.17, 15) is 14.7 Å². The average molecular weight is 608 g/mol. The fraction of sp³-hybridized carbons (Fsp3) is 0.706. The Bertz CT molecular complexity index is 899. The molecule has 0 aromatic carbocycles. The van der Waals surface area contributed by atoms with E-state index in [0.29, 0.717) is 18.8 Å². The van der Waals surface area contributed by atoms with Crippen LogP contribution in [0.2, 0.25) is 0 Å². The summed E-state index contributed by atoms with van der Waals surface area (Å²) < 4.78 is 27.8. The number of likely N-dealkylation sites (N-methyl/N-ethyl adjacent to an activating group) is 1. The summed E-state index contributed by atoms with van der Waals surface area (Å²) in [6.45, 7) is 6.58. The molecule has 8 atom stereocenters. The highest BCUT2D eigenvalue weighted by atomic mass is 16.6. The van der Waals surface area contributed by atoms with Crippen molar-refractivity contribution in [2.75, 3.05) is 48.6 Å². The van der Waals surface area contributed by atoms with E-state index in [1.807, 2.05) is 32.1 Å². The maximum absolute atomic E-state index is 13.1. The van der Waals surface area contributed by atoms with Crippen molar-refractivity contribution in [1.29, 1.82) is 0 Å². The van der Waals surface area contributed by atoms with E-state index in [2.05, 4.69) is 19.1 Å². The topological polar surface area (TPSA) is 104 Å². The van der Waals surface area contributed by atoms with Crippen LogP contribution in [-0.2, 0) is 33.3 Å². The Hall–Kier alpha value is -2.30. The quantitative estimate of drug-likeness (QED) is 0.320. The average Bonchev–Trinajstić information content (AvgIpc) is 2.98. The highest BCUT2D eigenvalue weighted by Gasteiger charge is 2.33. The predicted octanol–water partition coefficient (Wildman–Crippen LogP) is 4.90. The fourth-order valence-corrected chi connectivity index (χ4v) is 4.97. The normalized spacial score (nSPS) is 33.0. The van der Waals surface area contributed by atoms with Gasteiger partial charge in [-0.15, -0.1) is 0 Å². The Kier molecular flexibility index (Phi) is 20.0. The SMILES string of the molecule is COCC(C(=O)O[C@@H]1C/C=C/C=C/C(=O)OCC/C=C/[C@H](OC)C[C@H](C)C/C=C/[C@@H](OC)CC[C@@H](C)[C@@H](O)[C@@H]1C)N(C)C. The fourth-order valence-electron chi connectivity index (χ4n) is 4.97. The van der Waals surface area contributed by atoms with Gasteiger partial charge in [-0.05, 0) is 58.0 Å². The molecule has 0 aromatic heterocycles. The van der Waals surface area contributed by atoms with Gasteiger partial charge in [-0.1, -0.05) is 63.3 Å². The van der Waals surface area contributed by atoms with Gasteiger partial charge in [-0.2, -0.15) is 0 Å². The standard InChI is InChI=1S/C34H57NO8/c1-25-15-14-17-28(40-7)21-20-26(2)33(37)27(3)31(43-34(38)30(24-39-6)35(4)5)18-10-9-11-19-32(36)42-22-13-12-16-29(23-25)41-8/h9-12,14,16-17,19,25-31,33,37H,13,15,18,20-24H2,1-8H3/b10-9+,16-12+,17-14+,19-11+/t25-,26-,27-,28-,29+,30?,31-,33-/m1/s1. The van der Waals surface area contributed by atoms with Crippen molar-refractivity contribution < 1.29 is 38.4 Å². The summed E-state index contributed by atoms with van der Waals surface area (Å²) in [7, 11) is 8.54. The summed E-state index contributed by atoms with van der Waals surface area (Å²) in [4.78, 5) is 27.0. The summed E-state index contributed by atoms with van der Waals surface area (Å²) in [5.74, 6) is -0.827. The molecule has 0 saturated carbocycles. The Morgan fingerprint density at radius 3 is 2.35 bits per heavy atom. The van der Waals surface area contributed by atoms with Crippen molar-refractivity contribution in [3.8, 4) is 0 Å². The zero-order chi connectivity index (χ0) is 32.2. The molecule has 0 radical (unpaired) electrons. The monoisotopic (exact) mass is 607 g/mol. The second-order valence-electron chi connectivity index (χ2n) is 11.8. The first-order valence-corrected chi connectivity index (χ1v) is 15.5. The number of aliphatic hydroxyl groups is 1. The van der Waals surface area contributed by atoms with E-state index >= 15 is 0 Å². The summed E-state index contributed by atoms with van der Waals surface area (Å²) in [6.07, 6.45) is 17.7. The third-order valence-corrected chi connectivity index (χ3v) is 7.96. The van der Waals surface area contributed by atoms with Gasteiger partial charge in [-0.25, -0.2) is 4.79 Å². The van der Waals surface area contributed by atoms with Crippen molar-refractivity contribution in [3.63, 3.8) is 0 Å². The largest absolute Gasteiger partial charge is 0.462 e. The smallest absolute Gasteiger partial charge is 0.330 e. The van der Waals surface area contributed by atoms with Crippen LogP contribution < -0.4 is 0 Å². The van der Waals surface area contributed by atoms with Crippen molar-refractivity contribution >= 4 is 11.9 Å². The van der Waals surface area contributed by atoms with E-state index in [0.717, 1.165) is 25.7 Å². The first-order chi connectivity index (χ1) is 20.5. The highest BCUT2D eigenvalue weighted by Crippen LogP contribution is 2.26. The number of cyclic esters (lactones) is 1. The first kappa shape index (κ1) is 38.7. The molecular weight excluding hydrogens is 550 g/mol. The second-order valence-corrected chi connectivity index (χ2v) is 11.8. The molecule has 1 aliphatic rings. The Morgan fingerprint density at radius 1 is 1.00 bits per heavy atom. The number of carbonyl (C=O) groups excluding carboxylic acids is 2. The number of rotatable bonds is 7. The molecule has 0 amide bonds. The second kappa shape index (κ2) is 22.2. The maximum Gasteiger partial charge on any atom is 0.330 e. The van der Waals surface area contributed by atoms with Gasteiger partial charge in [0.2, 0.25) is 0 Å². The van der Waals surface area contributed by atoms with Gasteiger partial charge in [0.15, 0.2) is 0 Å². The number of ether oxygens (including phenoxy) is 5. The molecule has 1 aliphatic heterocycles. The molecule has 1 heterocycles. The molecule has 0 bridgehead atoms. The van der Waals surface area contributed by atoms with E-state index < -0.39 is 30.2 Å². The van der Waals surface area contributed by atoms with Crippen LogP contribution in [0.15, 0.2) is 48.6 Å². The van der Waals surface area contributed by atoms with Gasteiger partial charge in [-0.3, -0.25) is 9.69 Å². The van der Waals surface area contributed by atoms with E-state index in [1.54, 1.807) is 52.5 Å². The number of esters is 2. The van der Waals surface area contributed by atoms with E-state index in [4.69, 9.17) is 23.7 Å². The summed E-state index contributed by atoms with van der Waals surface area (Å²) >= 11 is 0. The van der Waals surface area contributed by atoms with Crippen LogP contribution >= 0.6 is 0 Å². The van der Waals surface area contributed by atoms with Crippen LogP contribution in [-0.4, -0.2) is 101 Å². The molecule has 1 N–H and O–H groups in total. The van der Waals surface area contributed by atoms with Crippen molar-refractivity contribution in [3.05, 3.63) is 48.6 Å². The number of nitrogens with zero attached hydrogens (tertiary/aromatic N) is 1. The summed E-state index contributed by atoms with van der Waals surface area (Å²) in [6, 6.07) is -0.569. The minimum Gasteiger partial charge on any atom is -0.462 e. The van der Waals surface area contributed by atoms with Gasteiger partial charge >= 0.3 is 11.9 Å². The molecule has 43 heavy (non-hydrogen) atoms. The lowest BCUT2D eigenvalue weighted by Gasteiger charge is -2.32. The van der Waals surface area contributed by atoms with Crippen LogP contribution in [0.25, 0.3) is 0 Å². The molecule has 0 aromatic rings. The maximum atomic E-state index is 13.1. The zero-order valence-corrected chi connectivity index (χ0v) is 27.6. The molecule has 9 heteroatoms. The number of hydrogen-bond donors (Lipinski definition) is 1. The number of hydrogen-bond acceptors (Lipinski definition) is 9. The molecule has 0 spiro atoms. The number of aliphatic hydroxyl groups excluding tert-OH is 1. The third kappa shape index (κ3) is 15.8. The molecule has 0 saturated heterocycles. The molecule has 1 rings (SSSR count). The lowest BCUT2D eigenvalue weighted by Crippen LogP contribution is -2.44. The number of carbonyl (C=O) groups is 2. The summed E-state index contributed by atoms with van der Waals surface area (Å²) in [5.41, 5.74) is 0. The highest BCUT2D eigenvalue weighted by molar-refractivity contribution is 5.82. The van der Waals surface area contributed by atoms with Gasteiger partial charge in [0.25, 0.3) is 0 Å². The van der Waals surface area contributed by atoms with Crippen LogP contribution in [0, 0.1) is 17.8 Å². The first-order valence-electron chi connectivity index (χ1n) is 15.5. The Labute approximate surface area is 259 Å². The molecule has 0 aliphatic carbocycles. The molecule has 246 valence electrons. The third-order valence-electron chi connectivity index (χ3n) is 7.96. The van der Waals surface area contributed by atoms with Crippen molar-refractivity contribution in [2.45, 2.75) is 89.8 Å². The van der Waals surface area contributed by atoms with Crippen LogP contribution in [0.5, 0.6) is 0 Å². The van der Waals surface area contributed by atoms with E-state index in [-0.39, 0.29) is 37.3 Å². The summed E-state index contributed by atoms with van der Waals surface area (Å²) in [5, 5.41) is 11.3.